The molecule has 3 heterocycles. The molecule has 0 saturated carbocycles. The van der Waals surface area contributed by atoms with Crippen molar-refractivity contribution in [2.75, 3.05) is 42.3 Å². The molecule has 1 aromatic carbocycles. The second-order valence-electron chi connectivity index (χ2n) is 7.19. The van der Waals surface area contributed by atoms with Crippen molar-refractivity contribution >= 4 is 17.5 Å². The first kappa shape index (κ1) is 18.2. The molecular formula is C21H25N7. The first-order valence-electron chi connectivity index (χ1n) is 9.59. The highest BCUT2D eigenvalue weighted by Gasteiger charge is 2.20. The summed E-state index contributed by atoms with van der Waals surface area (Å²) in [5.41, 5.74) is 3.19. The fraction of sp³-hybridized carbons (Fsp3) is 0.333. The molecule has 1 fully saturated rings. The maximum atomic E-state index is 4.72. The lowest BCUT2D eigenvalue weighted by Gasteiger charge is -2.32. The molecule has 1 aliphatic rings. The molecule has 7 nitrogen and oxygen atoms in total. The Morgan fingerprint density at radius 3 is 2.46 bits per heavy atom. The molecule has 1 N–H and O–H groups in total. The van der Waals surface area contributed by atoms with E-state index in [-0.39, 0.29) is 0 Å². The third-order valence-corrected chi connectivity index (χ3v) is 5.05. The summed E-state index contributed by atoms with van der Waals surface area (Å²) in [7, 11) is 4.08. The van der Waals surface area contributed by atoms with Crippen LogP contribution in [0.3, 0.4) is 0 Å². The lowest BCUT2D eigenvalue weighted by molar-refractivity contribution is 0.519. The summed E-state index contributed by atoms with van der Waals surface area (Å²) in [5, 5.41) is 11.7. The molecule has 28 heavy (non-hydrogen) atoms. The van der Waals surface area contributed by atoms with E-state index >= 15 is 0 Å². The molecule has 0 radical (unpaired) electrons. The van der Waals surface area contributed by atoms with Crippen LogP contribution in [-0.4, -0.2) is 53.4 Å². The van der Waals surface area contributed by atoms with Gasteiger partial charge in [0.05, 0.1) is 5.69 Å². The predicted octanol–water partition coefficient (Wildman–Crippen LogP) is 3.08. The molecule has 1 saturated heterocycles. The van der Waals surface area contributed by atoms with Crippen molar-refractivity contribution in [3.05, 3.63) is 54.9 Å². The number of rotatable bonds is 5. The molecule has 0 unspecified atom stereocenters. The van der Waals surface area contributed by atoms with Gasteiger partial charge in [-0.25, -0.2) is 9.97 Å². The molecule has 4 rings (SSSR count). The van der Waals surface area contributed by atoms with Crippen molar-refractivity contribution in [1.29, 1.82) is 0 Å². The topological polar surface area (TPSA) is 70.1 Å². The first-order valence-corrected chi connectivity index (χ1v) is 9.59. The molecule has 1 aliphatic heterocycles. The molecule has 0 bridgehead atoms. The van der Waals surface area contributed by atoms with Gasteiger partial charge in [-0.15, -0.1) is 5.10 Å². The van der Waals surface area contributed by atoms with Gasteiger partial charge in [0.2, 0.25) is 5.95 Å². The van der Waals surface area contributed by atoms with Crippen LogP contribution < -0.4 is 15.1 Å². The van der Waals surface area contributed by atoms with Crippen molar-refractivity contribution in [3.8, 4) is 11.3 Å². The van der Waals surface area contributed by atoms with Gasteiger partial charge in [-0.05, 0) is 43.2 Å². The first-order chi connectivity index (χ1) is 13.7. The number of anilines is 3. The van der Waals surface area contributed by atoms with E-state index in [2.05, 4.69) is 54.6 Å². The predicted molar refractivity (Wildman–Crippen MR) is 113 cm³/mol. The second kappa shape index (κ2) is 8.21. The van der Waals surface area contributed by atoms with Gasteiger partial charge in [0.15, 0.2) is 5.82 Å². The molecule has 0 aliphatic carbocycles. The third kappa shape index (κ3) is 4.19. The normalized spacial score (nSPS) is 14.7. The average Bonchev–Trinajstić information content (AvgIpc) is 2.75. The van der Waals surface area contributed by atoms with Crippen LogP contribution in [0, 0.1) is 0 Å². The zero-order valence-electron chi connectivity index (χ0n) is 16.3. The molecule has 0 spiro atoms. The number of nitrogens with one attached hydrogen (secondary N) is 1. The number of aromatic nitrogens is 4. The van der Waals surface area contributed by atoms with E-state index in [0.717, 1.165) is 43.0 Å². The molecule has 144 valence electrons. The van der Waals surface area contributed by atoms with Gasteiger partial charge in [0.25, 0.3) is 0 Å². The van der Waals surface area contributed by atoms with E-state index in [4.69, 9.17) is 4.98 Å². The minimum Gasteiger partial charge on any atom is -0.378 e. The summed E-state index contributed by atoms with van der Waals surface area (Å²) >= 11 is 0. The van der Waals surface area contributed by atoms with Crippen LogP contribution >= 0.6 is 0 Å². The molecular weight excluding hydrogens is 350 g/mol. The number of hydrogen-bond donors (Lipinski definition) is 1. The standard InChI is InChI=1S/C21H25N7/c1-27(2)18-7-5-16(6-8-18)19-9-13-22-21(25-19)24-17-10-14-28(15-11-17)20-4-3-12-23-26-20/h3-9,12-13,17H,10-11,14-15H2,1-2H3,(H,22,24,25). The Kier molecular flexibility index (Phi) is 5.32. The molecule has 2 aromatic heterocycles. The Morgan fingerprint density at radius 1 is 1.00 bits per heavy atom. The van der Waals surface area contributed by atoms with Crippen LogP contribution in [0.5, 0.6) is 0 Å². The fourth-order valence-electron chi connectivity index (χ4n) is 3.42. The van der Waals surface area contributed by atoms with Crippen molar-refractivity contribution in [1.82, 2.24) is 20.2 Å². The quantitative estimate of drug-likeness (QED) is 0.735. The summed E-state index contributed by atoms with van der Waals surface area (Å²) < 4.78 is 0. The summed E-state index contributed by atoms with van der Waals surface area (Å²) in [6.45, 7) is 1.89. The van der Waals surface area contributed by atoms with Gasteiger partial charge in [0, 0.05) is 56.9 Å². The fourth-order valence-corrected chi connectivity index (χ4v) is 3.42. The number of piperidine rings is 1. The lowest BCUT2D eigenvalue weighted by Crippen LogP contribution is -2.39. The van der Waals surface area contributed by atoms with Crippen LogP contribution in [0.1, 0.15) is 12.8 Å². The Balaban J connectivity index is 1.39. The minimum atomic E-state index is 0.360. The maximum absolute atomic E-state index is 4.72. The number of hydrogen-bond acceptors (Lipinski definition) is 7. The third-order valence-electron chi connectivity index (χ3n) is 5.05. The highest BCUT2D eigenvalue weighted by atomic mass is 15.3. The monoisotopic (exact) mass is 375 g/mol. The van der Waals surface area contributed by atoms with Crippen LogP contribution in [0.4, 0.5) is 17.5 Å². The molecule has 3 aromatic rings. The zero-order chi connectivity index (χ0) is 19.3. The molecule has 0 amide bonds. The van der Waals surface area contributed by atoms with Crippen molar-refractivity contribution in [2.24, 2.45) is 0 Å². The smallest absolute Gasteiger partial charge is 0.223 e. The van der Waals surface area contributed by atoms with Gasteiger partial charge < -0.3 is 15.1 Å². The van der Waals surface area contributed by atoms with Gasteiger partial charge in [-0.1, -0.05) is 12.1 Å². The molecule has 0 atom stereocenters. The molecule has 7 heteroatoms. The zero-order valence-corrected chi connectivity index (χ0v) is 16.3. The van der Waals surface area contributed by atoms with E-state index in [1.165, 1.54) is 5.69 Å². The summed E-state index contributed by atoms with van der Waals surface area (Å²) in [6.07, 6.45) is 5.55. The highest BCUT2D eigenvalue weighted by molar-refractivity contribution is 5.63. The summed E-state index contributed by atoms with van der Waals surface area (Å²) in [6, 6.07) is 14.7. The Labute approximate surface area is 165 Å². The average molecular weight is 375 g/mol. The second-order valence-corrected chi connectivity index (χ2v) is 7.19. The van der Waals surface area contributed by atoms with E-state index < -0.39 is 0 Å². The van der Waals surface area contributed by atoms with Gasteiger partial charge in [-0.3, -0.25) is 0 Å². The number of nitrogens with zero attached hydrogens (tertiary/aromatic N) is 6. The largest absolute Gasteiger partial charge is 0.378 e. The van der Waals surface area contributed by atoms with E-state index in [0.29, 0.717) is 12.0 Å². The Morgan fingerprint density at radius 2 is 1.79 bits per heavy atom. The van der Waals surface area contributed by atoms with Crippen molar-refractivity contribution < 1.29 is 0 Å². The maximum Gasteiger partial charge on any atom is 0.223 e. The SMILES string of the molecule is CN(C)c1ccc(-c2ccnc(NC3CCN(c4cccnn4)CC3)n2)cc1. The Bertz CT molecular complexity index is 888. The van der Waals surface area contributed by atoms with E-state index in [1.807, 2.05) is 38.5 Å². The van der Waals surface area contributed by atoms with Crippen LogP contribution in [0.25, 0.3) is 11.3 Å². The number of benzene rings is 1. The Hall–Kier alpha value is -3.22. The van der Waals surface area contributed by atoms with Crippen LogP contribution in [-0.2, 0) is 0 Å². The van der Waals surface area contributed by atoms with Crippen molar-refractivity contribution in [2.45, 2.75) is 18.9 Å². The lowest BCUT2D eigenvalue weighted by atomic mass is 10.1. The van der Waals surface area contributed by atoms with Gasteiger partial charge >= 0.3 is 0 Å². The van der Waals surface area contributed by atoms with Crippen LogP contribution in [0.15, 0.2) is 54.9 Å². The van der Waals surface area contributed by atoms with Crippen molar-refractivity contribution in [3.63, 3.8) is 0 Å². The summed E-state index contributed by atoms with van der Waals surface area (Å²) in [5.74, 6) is 1.63. The minimum absolute atomic E-state index is 0.360. The van der Waals surface area contributed by atoms with Gasteiger partial charge in [-0.2, -0.15) is 5.10 Å². The van der Waals surface area contributed by atoms with E-state index in [9.17, 15) is 0 Å². The highest BCUT2D eigenvalue weighted by Crippen LogP contribution is 2.23. The van der Waals surface area contributed by atoms with Gasteiger partial charge in [0.1, 0.15) is 0 Å². The van der Waals surface area contributed by atoms with Crippen LogP contribution in [0.2, 0.25) is 0 Å². The summed E-state index contributed by atoms with van der Waals surface area (Å²) in [4.78, 5) is 13.5. The van der Waals surface area contributed by atoms with E-state index in [1.54, 1.807) is 6.20 Å².